The molecule has 0 fully saturated rings. The van der Waals surface area contributed by atoms with Gasteiger partial charge in [0, 0.05) is 5.69 Å². The summed E-state index contributed by atoms with van der Waals surface area (Å²) in [5.74, 6) is 0. The lowest BCUT2D eigenvalue weighted by molar-refractivity contribution is 0.262. The monoisotopic (exact) mass is 402 g/mol. The quantitative estimate of drug-likeness (QED) is 0.595. The van der Waals surface area contributed by atoms with Crippen molar-refractivity contribution in [2.45, 2.75) is 18.7 Å². The minimum Gasteiger partial charge on any atom is -0.308 e. The number of benzene rings is 2. The van der Waals surface area contributed by atoms with Crippen molar-refractivity contribution in [1.29, 1.82) is 0 Å². The minimum atomic E-state index is -3.73. The second kappa shape index (κ2) is 7.77. The lowest BCUT2D eigenvalue weighted by Gasteiger charge is -2.06. The van der Waals surface area contributed by atoms with Crippen LogP contribution >= 0.6 is 11.3 Å². The largest absolute Gasteiger partial charge is 0.324 e. The average Bonchev–Trinajstić information content (AvgIpc) is 2.96. The number of amides is 2. The number of nitrogens with zero attached hydrogens (tertiary/aromatic N) is 1. The van der Waals surface area contributed by atoms with Crippen molar-refractivity contribution in [1.82, 2.24) is 4.98 Å². The zero-order chi connectivity index (χ0) is 19.4. The highest BCUT2D eigenvalue weighted by Crippen LogP contribution is 2.29. The van der Waals surface area contributed by atoms with Gasteiger partial charge in [0.25, 0.3) is 10.0 Å². The zero-order valence-electron chi connectivity index (χ0n) is 14.7. The molecule has 0 aliphatic heterocycles. The number of aryl methyl sites for hydroxylation is 2. The van der Waals surface area contributed by atoms with Crippen LogP contribution in [0.5, 0.6) is 0 Å². The van der Waals surface area contributed by atoms with Crippen LogP contribution in [0.1, 0.15) is 11.3 Å². The first-order valence-electron chi connectivity index (χ1n) is 8.03. The predicted molar refractivity (Wildman–Crippen MR) is 108 cm³/mol. The number of urea groups is 1. The molecule has 0 aliphatic rings. The number of aromatic nitrogens is 1. The van der Waals surface area contributed by atoms with Crippen molar-refractivity contribution in [3.8, 4) is 0 Å². The Morgan fingerprint density at radius 1 is 0.963 bits per heavy atom. The van der Waals surface area contributed by atoms with E-state index in [9.17, 15) is 13.2 Å². The highest BCUT2D eigenvalue weighted by molar-refractivity contribution is 7.93. The summed E-state index contributed by atoms with van der Waals surface area (Å²) < 4.78 is 27.2. The summed E-state index contributed by atoms with van der Waals surface area (Å²) >= 11 is 1.05. The summed E-state index contributed by atoms with van der Waals surface area (Å²) in [4.78, 5) is 16.5. The van der Waals surface area contributed by atoms with Crippen molar-refractivity contribution < 1.29 is 13.2 Å². The number of rotatable bonds is 5. The molecule has 27 heavy (non-hydrogen) atoms. The Balaban J connectivity index is 1.69. The van der Waals surface area contributed by atoms with Crippen molar-refractivity contribution in [3.63, 3.8) is 0 Å². The molecule has 2 aromatic carbocycles. The van der Waals surface area contributed by atoms with Crippen LogP contribution in [0, 0.1) is 13.8 Å². The number of carbonyl (C=O) groups is 1. The van der Waals surface area contributed by atoms with E-state index in [0.717, 1.165) is 16.9 Å². The van der Waals surface area contributed by atoms with Crippen molar-refractivity contribution >= 4 is 43.2 Å². The van der Waals surface area contributed by atoms with Gasteiger partial charge in [-0.25, -0.2) is 18.2 Å². The standard InChI is InChI=1S/C18H18N4O3S2/c1-12-8-10-14(11-9-12)20-17(23)21-16-13(2)19-18(26-16)22-27(24,25)15-6-4-3-5-7-15/h3-11H,1-2H3,(H,19,22)(H2,20,21,23). The van der Waals surface area contributed by atoms with E-state index in [1.54, 1.807) is 37.3 Å². The maximum Gasteiger partial charge on any atom is 0.324 e. The summed E-state index contributed by atoms with van der Waals surface area (Å²) in [6.07, 6.45) is 0. The first kappa shape index (κ1) is 18.9. The van der Waals surface area contributed by atoms with E-state index < -0.39 is 16.1 Å². The van der Waals surface area contributed by atoms with Gasteiger partial charge in [-0.2, -0.15) is 0 Å². The molecule has 0 saturated carbocycles. The van der Waals surface area contributed by atoms with Crippen LogP contribution in [0.4, 0.5) is 20.6 Å². The highest BCUT2D eigenvalue weighted by Gasteiger charge is 2.18. The zero-order valence-corrected chi connectivity index (χ0v) is 16.3. The molecule has 2 amide bonds. The van der Waals surface area contributed by atoms with E-state index in [-0.39, 0.29) is 10.0 Å². The molecule has 1 aromatic heterocycles. The molecule has 7 nitrogen and oxygen atoms in total. The van der Waals surface area contributed by atoms with E-state index >= 15 is 0 Å². The normalized spacial score (nSPS) is 11.0. The highest BCUT2D eigenvalue weighted by atomic mass is 32.2. The summed E-state index contributed by atoms with van der Waals surface area (Å²) in [6.45, 7) is 3.65. The number of sulfonamides is 1. The van der Waals surface area contributed by atoms with Gasteiger partial charge in [-0.3, -0.25) is 10.0 Å². The number of hydrogen-bond acceptors (Lipinski definition) is 5. The third-order valence-corrected chi connectivity index (χ3v) is 6.08. The fourth-order valence-electron chi connectivity index (χ4n) is 2.23. The Kier molecular flexibility index (Phi) is 5.43. The second-order valence-electron chi connectivity index (χ2n) is 5.80. The summed E-state index contributed by atoms with van der Waals surface area (Å²) in [5, 5.41) is 6.05. The van der Waals surface area contributed by atoms with Gasteiger partial charge in [-0.15, -0.1) is 0 Å². The Morgan fingerprint density at radius 3 is 2.30 bits per heavy atom. The number of carbonyl (C=O) groups excluding carboxylic acids is 1. The van der Waals surface area contributed by atoms with Crippen LogP contribution in [0.2, 0.25) is 0 Å². The number of hydrogen-bond donors (Lipinski definition) is 3. The van der Waals surface area contributed by atoms with Gasteiger partial charge in [-0.1, -0.05) is 47.2 Å². The van der Waals surface area contributed by atoms with Crippen molar-refractivity contribution in [3.05, 3.63) is 65.9 Å². The molecule has 0 atom stereocenters. The molecule has 3 rings (SSSR count). The Bertz CT molecular complexity index is 1050. The van der Waals surface area contributed by atoms with Gasteiger partial charge in [0.2, 0.25) is 0 Å². The van der Waals surface area contributed by atoms with Crippen LogP contribution < -0.4 is 15.4 Å². The average molecular weight is 403 g/mol. The smallest absolute Gasteiger partial charge is 0.308 e. The van der Waals surface area contributed by atoms with Crippen LogP contribution in [-0.2, 0) is 10.0 Å². The van der Waals surface area contributed by atoms with E-state index in [1.165, 1.54) is 12.1 Å². The Morgan fingerprint density at radius 2 is 1.63 bits per heavy atom. The van der Waals surface area contributed by atoms with Gasteiger partial charge in [0.05, 0.1) is 10.6 Å². The van der Waals surface area contributed by atoms with Gasteiger partial charge >= 0.3 is 6.03 Å². The third kappa shape index (κ3) is 4.83. The molecule has 0 spiro atoms. The SMILES string of the molecule is Cc1ccc(NC(=O)Nc2sc(NS(=O)(=O)c3ccccc3)nc2C)cc1. The first-order valence-corrected chi connectivity index (χ1v) is 10.3. The molecule has 3 aromatic rings. The summed E-state index contributed by atoms with van der Waals surface area (Å²) in [7, 11) is -3.73. The topological polar surface area (TPSA) is 100 Å². The molecule has 140 valence electrons. The van der Waals surface area contributed by atoms with E-state index in [0.29, 0.717) is 16.4 Å². The summed E-state index contributed by atoms with van der Waals surface area (Å²) in [6, 6.07) is 15.0. The number of anilines is 3. The lowest BCUT2D eigenvalue weighted by Crippen LogP contribution is -2.19. The van der Waals surface area contributed by atoms with E-state index in [1.807, 2.05) is 19.1 Å². The van der Waals surface area contributed by atoms with Gasteiger partial charge in [-0.05, 0) is 38.1 Å². The molecule has 0 unspecified atom stereocenters. The maximum absolute atomic E-state index is 12.4. The van der Waals surface area contributed by atoms with Crippen molar-refractivity contribution in [2.75, 3.05) is 15.4 Å². The van der Waals surface area contributed by atoms with Crippen LogP contribution in [0.25, 0.3) is 0 Å². The fourth-order valence-corrected chi connectivity index (χ4v) is 4.35. The summed E-state index contributed by atoms with van der Waals surface area (Å²) in [5.41, 5.74) is 2.27. The Hall–Kier alpha value is -2.91. The molecular weight excluding hydrogens is 384 g/mol. The fraction of sp³-hybridized carbons (Fsp3) is 0.111. The molecule has 9 heteroatoms. The molecular formula is C18H18N4O3S2. The van der Waals surface area contributed by atoms with Gasteiger partial charge in [0.1, 0.15) is 5.00 Å². The number of nitrogens with one attached hydrogen (secondary N) is 3. The maximum atomic E-state index is 12.4. The Labute approximate surface area is 161 Å². The predicted octanol–water partition coefficient (Wildman–Crippen LogP) is 4.20. The van der Waals surface area contributed by atoms with E-state index in [2.05, 4.69) is 20.3 Å². The van der Waals surface area contributed by atoms with Gasteiger partial charge in [0.15, 0.2) is 5.13 Å². The third-order valence-electron chi connectivity index (χ3n) is 3.61. The molecule has 1 heterocycles. The minimum absolute atomic E-state index is 0.143. The first-order chi connectivity index (χ1) is 12.8. The van der Waals surface area contributed by atoms with Crippen molar-refractivity contribution in [2.24, 2.45) is 0 Å². The van der Waals surface area contributed by atoms with Crippen LogP contribution in [0.3, 0.4) is 0 Å². The van der Waals surface area contributed by atoms with Gasteiger partial charge < -0.3 is 5.32 Å². The van der Waals surface area contributed by atoms with Crippen LogP contribution in [0.15, 0.2) is 59.5 Å². The molecule has 0 aliphatic carbocycles. The van der Waals surface area contributed by atoms with E-state index in [4.69, 9.17) is 0 Å². The lowest BCUT2D eigenvalue weighted by atomic mass is 10.2. The molecule has 0 radical (unpaired) electrons. The van der Waals surface area contributed by atoms with Crippen LogP contribution in [-0.4, -0.2) is 19.4 Å². The molecule has 3 N–H and O–H groups in total. The number of thiazole rings is 1. The molecule has 0 bridgehead atoms. The second-order valence-corrected chi connectivity index (χ2v) is 8.48. The molecule has 0 saturated heterocycles.